The van der Waals surface area contributed by atoms with E-state index in [1.165, 1.54) is 47.5 Å². The Morgan fingerprint density at radius 2 is 0.930 bits per heavy atom. The van der Waals surface area contributed by atoms with Gasteiger partial charge in [-0.15, -0.1) is 0 Å². The fraction of sp³-hybridized carbons (Fsp3) is 0.412. The number of allylic oxidation sites excluding steroid dienone is 8. The predicted octanol–water partition coefficient (Wildman–Crippen LogP) is 11.2. The molecule has 0 radical (unpaired) electrons. The molecule has 0 bridgehead atoms. The van der Waals surface area contributed by atoms with Crippen molar-refractivity contribution in [3.8, 4) is 11.5 Å². The van der Waals surface area contributed by atoms with Crippen molar-refractivity contribution in [3.63, 3.8) is 0 Å². The van der Waals surface area contributed by atoms with Gasteiger partial charge < -0.3 is 0 Å². The van der Waals surface area contributed by atoms with Gasteiger partial charge in [0, 0.05) is 0 Å². The number of rotatable bonds is 4. The van der Waals surface area contributed by atoms with E-state index in [1.807, 2.05) is 0 Å². The molecule has 226 valence electrons. The van der Waals surface area contributed by atoms with Gasteiger partial charge in [-0.05, 0) is 0 Å². The van der Waals surface area contributed by atoms with Crippen molar-refractivity contribution in [1.82, 2.24) is 0 Å². The predicted molar refractivity (Wildman–Crippen MR) is 148 cm³/mol. The second-order valence-electron chi connectivity index (χ2n) is 12.2. The minimum atomic E-state index is -5.33. The van der Waals surface area contributed by atoms with Crippen molar-refractivity contribution in [2.24, 2.45) is 0 Å². The summed E-state index contributed by atoms with van der Waals surface area (Å²) >= 11 is -5.33. The van der Waals surface area contributed by atoms with E-state index in [1.54, 1.807) is 0 Å². The van der Waals surface area contributed by atoms with Gasteiger partial charge in [0.25, 0.3) is 0 Å². The molecule has 1 saturated heterocycles. The summed E-state index contributed by atoms with van der Waals surface area (Å²) in [5.41, 5.74) is 4.87. The van der Waals surface area contributed by atoms with E-state index in [4.69, 9.17) is 5.63 Å². The fourth-order valence-corrected chi connectivity index (χ4v) is 20.3. The van der Waals surface area contributed by atoms with Gasteiger partial charge in [-0.3, -0.25) is 0 Å². The van der Waals surface area contributed by atoms with Crippen LogP contribution >= 0.6 is 0 Å². The van der Waals surface area contributed by atoms with Crippen molar-refractivity contribution in [1.29, 1.82) is 0 Å². The van der Waals surface area contributed by atoms with Gasteiger partial charge in [0.2, 0.25) is 0 Å². The summed E-state index contributed by atoms with van der Waals surface area (Å²) in [5, 5.41) is 0. The normalized spacial score (nSPS) is 24.8. The minimum absolute atomic E-state index is 0.342. The van der Waals surface area contributed by atoms with Crippen LogP contribution in [0.15, 0.2) is 94.1 Å². The first-order chi connectivity index (χ1) is 20.6. The van der Waals surface area contributed by atoms with E-state index in [-0.39, 0.29) is 11.5 Å². The Morgan fingerprint density at radius 3 is 1.35 bits per heavy atom. The van der Waals surface area contributed by atoms with Gasteiger partial charge in [-0.2, -0.15) is 0 Å². The Bertz CT molecular complexity index is 1460. The van der Waals surface area contributed by atoms with Crippen molar-refractivity contribution in [2.45, 2.75) is 83.8 Å². The zero-order chi connectivity index (χ0) is 30.0. The molecule has 5 aliphatic rings. The van der Waals surface area contributed by atoms with E-state index >= 15 is 0 Å². The van der Waals surface area contributed by atoms with Crippen LogP contribution in [0.3, 0.4) is 0 Å². The van der Waals surface area contributed by atoms with Crippen molar-refractivity contribution < 1.29 is 53.1 Å². The first kappa shape index (κ1) is 29.2. The quantitative estimate of drug-likeness (QED) is 0.300. The molecule has 9 heteroatoms. The van der Waals surface area contributed by atoms with Crippen molar-refractivity contribution in [3.05, 3.63) is 105 Å². The molecular weight excluding hydrogens is 646 g/mol. The summed E-state index contributed by atoms with van der Waals surface area (Å²) < 4.78 is 99.7. The molecule has 0 spiro atoms. The van der Waals surface area contributed by atoms with Crippen LogP contribution in [0.1, 0.15) is 75.3 Å². The summed E-state index contributed by atoms with van der Waals surface area (Å²) in [6.45, 7) is 0. The first-order valence-corrected chi connectivity index (χ1v) is 20.0. The Balaban J connectivity index is 1.52. The van der Waals surface area contributed by atoms with E-state index in [2.05, 4.69) is 12.2 Å². The molecule has 7 rings (SSSR count). The molecule has 4 aliphatic carbocycles. The molecule has 0 aromatic heterocycles. The third-order valence-electron chi connectivity index (χ3n) is 9.70. The molecule has 1 heterocycles. The van der Waals surface area contributed by atoms with Crippen LogP contribution in [0.4, 0.5) is 26.3 Å². The first-order valence-electron chi connectivity index (χ1n) is 15.1. The molecule has 1 fully saturated rings. The Morgan fingerprint density at radius 1 is 0.535 bits per heavy atom. The number of benzene rings is 2. The molecule has 0 saturated carbocycles. The number of fused-ring (bicyclic) bond motifs is 4. The molecule has 2 unspecified atom stereocenters. The summed E-state index contributed by atoms with van der Waals surface area (Å²) in [4.78, 5) is 0. The van der Waals surface area contributed by atoms with Gasteiger partial charge in [0.15, 0.2) is 0 Å². The van der Waals surface area contributed by atoms with Crippen LogP contribution in [-0.2, 0) is 33.5 Å². The van der Waals surface area contributed by atoms with E-state index < -0.39 is 51.9 Å². The summed E-state index contributed by atoms with van der Waals surface area (Å²) in [6.07, 6.45) is 3.47. The van der Waals surface area contributed by atoms with Gasteiger partial charge in [0.05, 0.1) is 0 Å². The maximum atomic E-state index is 14.4. The number of alkyl halides is 6. The fourth-order valence-electron chi connectivity index (χ4n) is 8.03. The Hall–Kier alpha value is -2.54. The molecule has 2 aromatic rings. The van der Waals surface area contributed by atoms with Crippen molar-refractivity contribution >= 4 is 0 Å². The zero-order valence-electron chi connectivity index (χ0n) is 23.6. The molecule has 0 amide bonds. The van der Waals surface area contributed by atoms with E-state index in [0.29, 0.717) is 12.8 Å². The standard InChI is InChI=1S/C20H24.2C7H5F3O.Zr/c1-2-6-18-12-15(11-17(18)5-1)9-10-16-13-19-7-3-4-8-20(19)14-16;2*8-7(9,10)5-3-1-2-4-6(5)11;/h11-14H,1-10H2;2*1-4,11H;/q;;;+2/p-2. The van der Waals surface area contributed by atoms with Crippen LogP contribution in [0.5, 0.6) is 11.5 Å². The summed E-state index contributed by atoms with van der Waals surface area (Å²) in [7, 11) is 0. The van der Waals surface area contributed by atoms with Gasteiger partial charge >= 0.3 is 254 Å². The summed E-state index contributed by atoms with van der Waals surface area (Å²) in [6, 6.07) is 10.2. The van der Waals surface area contributed by atoms with Crippen LogP contribution in [-0.4, -0.2) is 0 Å². The third-order valence-corrected chi connectivity index (χ3v) is 19.8. The van der Waals surface area contributed by atoms with Gasteiger partial charge in [0.1, 0.15) is 0 Å². The monoisotopic (exact) mass is 676 g/mol. The van der Waals surface area contributed by atoms with Crippen LogP contribution in [0.2, 0.25) is 7.25 Å². The number of halogens is 6. The second kappa shape index (κ2) is 10.8. The molecule has 2 atom stereocenters. The van der Waals surface area contributed by atoms with Gasteiger partial charge in [-0.1, -0.05) is 0 Å². The number of hydrogen-bond acceptors (Lipinski definition) is 2. The van der Waals surface area contributed by atoms with Crippen LogP contribution in [0.25, 0.3) is 0 Å². The molecule has 2 nitrogen and oxygen atoms in total. The average molecular weight is 678 g/mol. The van der Waals surface area contributed by atoms with E-state index in [0.717, 1.165) is 85.8 Å². The molecule has 0 N–H and O–H groups in total. The van der Waals surface area contributed by atoms with Crippen LogP contribution < -0.4 is 5.63 Å². The molecule has 2 aromatic carbocycles. The van der Waals surface area contributed by atoms with Crippen LogP contribution in [0, 0.1) is 0 Å². The summed E-state index contributed by atoms with van der Waals surface area (Å²) in [5.74, 6) is -0.684. The molecule has 1 aliphatic heterocycles. The SMILES string of the molecule is FC(F)(F)c1ccccc1[O][Zr]1([O]c2ccccc2C(F)(F)F)[CH]2C(=CC3=C2CCCC3)CCC2=CC3=C(CCCC3)[CH]21. The Labute approximate surface area is 252 Å². The third kappa shape index (κ3) is 5.08. The number of hydrogen-bond donors (Lipinski definition) is 0. The molecule has 43 heavy (non-hydrogen) atoms. The van der Waals surface area contributed by atoms with Gasteiger partial charge in [-0.25, -0.2) is 0 Å². The number of para-hydroxylation sites is 2. The average Bonchev–Trinajstić information content (AvgIpc) is 3.51. The van der Waals surface area contributed by atoms with E-state index in [9.17, 15) is 26.3 Å². The topological polar surface area (TPSA) is 18.5 Å². The van der Waals surface area contributed by atoms with Crippen molar-refractivity contribution in [2.75, 3.05) is 0 Å². The molecular formula is C34H32F6O2Zr. The Kier molecular flexibility index (Phi) is 7.34. The zero-order valence-corrected chi connectivity index (χ0v) is 26.0. The maximum absolute atomic E-state index is 14.4. The second-order valence-corrected chi connectivity index (χ2v) is 19.6.